The molecule has 0 amide bonds. The monoisotopic (exact) mass is 313 g/mol. The van der Waals surface area contributed by atoms with Crippen LogP contribution in [0.1, 0.15) is 10.4 Å². The van der Waals surface area contributed by atoms with Gasteiger partial charge in [-0.25, -0.2) is 4.39 Å². The van der Waals surface area contributed by atoms with Crippen LogP contribution in [0.3, 0.4) is 0 Å². The van der Waals surface area contributed by atoms with Gasteiger partial charge < -0.3 is 5.32 Å². The van der Waals surface area contributed by atoms with E-state index in [2.05, 4.69) is 32.7 Å². The van der Waals surface area contributed by atoms with Gasteiger partial charge in [-0.05, 0) is 36.1 Å². The van der Waals surface area contributed by atoms with Crippen molar-refractivity contribution in [2.75, 3.05) is 6.54 Å². The summed E-state index contributed by atoms with van der Waals surface area (Å²) in [4.78, 5) is 1.35. The lowest BCUT2D eigenvalue weighted by molar-refractivity contribution is 0.588. The summed E-state index contributed by atoms with van der Waals surface area (Å²) in [6, 6.07) is 9.18. The van der Waals surface area contributed by atoms with E-state index in [1.807, 2.05) is 12.1 Å². The van der Waals surface area contributed by atoms with Crippen LogP contribution in [0.5, 0.6) is 0 Å². The summed E-state index contributed by atoms with van der Waals surface area (Å²) in [5, 5.41) is 5.33. The van der Waals surface area contributed by atoms with Crippen LogP contribution in [0.15, 0.2) is 40.2 Å². The third-order valence-electron chi connectivity index (χ3n) is 2.45. The molecule has 0 aliphatic carbocycles. The van der Waals surface area contributed by atoms with E-state index in [1.54, 1.807) is 17.4 Å². The quantitative estimate of drug-likeness (QED) is 0.823. The molecule has 0 aliphatic rings. The first-order valence-electron chi connectivity index (χ1n) is 5.43. The maximum Gasteiger partial charge on any atom is 0.127 e. The van der Waals surface area contributed by atoms with E-state index in [4.69, 9.17) is 0 Å². The van der Waals surface area contributed by atoms with Crippen molar-refractivity contribution < 1.29 is 4.39 Å². The van der Waals surface area contributed by atoms with Gasteiger partial charge in [0.1, 0.15) is 5.82 Å². The van der Waals surface area contributed by atoms with E-state index >= 15 is 0 Å². The van der Waals surface area contributed by atoms with Gasteiger partial charge in [0.15, 0.2) is 0 Å². The van der Waals surface area contributed by atoms with Crippen LogP contribution < -0.4 is 5.32 Å². The molecule has 17 heavy (non-hydrogen) atoms. The highest BCUT2D eigenvalue weighted by molar-refractivity contribution is 9.10. The molecular formula is C13H13BrFNS. The Morgan fingerprint density at radius 1 is 1.29 bits per heavy atom. The number of hydrogen-bond acceptors (Lipinski definition) is 2. The molecule has 0 radical (unpaired) electrons. The SMILES string of the molecule is Fc1ccc(Br)cc1CNCCc1cccs1. The minimum Gasteiger partial charge on any atom is -0.312 e. The Bertz CT molecular complexity index is 470. The van der Waals surface area contributed by atoms with E-state index in [0.717, 1.165) is 17.4 Å². The molecule has 0 bridgehead atoms. The maximum absolute atomic E-state index is 13.4. The van der Waals surface area contributed by atoms with E-state index in [1.165, 1.54) is 10.9 Å². The lowest BCUT2D eigenvalue weighted by Crippen LogP contribution is -2.17. The van der Waals surface area contributed by atoms with Crippen molar-refractivity contribution in [2.24, 2.45) is 0 Å². The molecule has 90 valence electrons. The largest absolute Gasteiger partial charge is 0.312 e. The number of nitrogens with one attached hydrogen (secondary N) is 1. The zero-order valence-corrected chi connectivity index (χ0v) is 11.7. The van der Waals surface area contributed by atoms with Crippen molar-refractivity contribution in [3.8, 4) is 0 Å². The van der Waals surface area contributed by atoms with Gasteiger partial charge in [-0.15, -0.1) is 11.3 Å². The summed E-state index contributed by atoms with van der Waals surface area (Å²) in [6.07, 6.45) is 0.993. The van der Waals surface area contributed by atoms with Gasteiger partial charge in [-0.1, -0.05) is 22.0 Å². The van der Waals surface area contributed by atoms with Crippen molar-refractivity contribution in [1.82, 2.24) is 5.32 Å². The Morgan fingerprint density at radius 2 is 2.18 bits per heavy atom. The zero-order chi connectivity index (χ0) is 12.1. The van der Waals surface area contributed by atoms with Crippen LogP contribution in [0.2, 0.25) is 0 Å². The van der Waals surface area contributed by atoms with Crippen LogP contribution in [0.25, 0.3) is 0 Å². The number of thiophene rings is 1. The highest BCUT2D eigenvalue weighted by Gasteiger charge is 2.02. The molecule has 0 fully saturated rings. The Morgan fingerprint density at radius 3 is 2.94 bits per heavy atom. The van der Waals surface area contributed by atoms with Crippen molar-refractivity contribution >= 4 is 27.3 Å². The fourth-order valence-electron chi connectivity index (χ4n) is 1.57. The van der Waals surface area contributed by atoms with Crippen molar-refractivity contribution in [1.29, 1.82) is 0 Å². The minimum absolute atomic E-state index is 0.156. The summed E-state index contributed by atoms with van der Waals surface area (Å²) >= 11 is 5.10. The summed E-state index contributed by atoms with van der Waals surface area (Å²) in [5.74, 6) is -0.156. The summed E-state index contributed by atoms with van der Waals surface area (Å²) in [5.41, 5.74) is 0.700. The van der Waals surface area contributed by atoms with Gasteiger partial charge in [0.2, 0.25) is 0 Å². The van der Waals surface area contributed by atoms with Crippen LogP contribution in [0.4, 0.5) is 4.39 Å². The fourth-order valence-corrected chi connectivity index (χ4v) is 2.69. The summed E-state index contributed by atoms with van der Waals surface area (Å²) in [7, 11) is 0. The number of rotatable bonds is 5. The first kappa shape index (κ1) is 12.7. The molecule has 1 heterocycles. The van der Waals surface area contributed by atoms with Gasteiger partial charge in [0.25, 0.3) is 0 Å². The lowest BCUT2D eigenvalue weighted by Gasteiger charge is -2.05. The molecule has 0 unspecified atom stereocenters. The number of hydrogen-bond donors (Lipinski definition) is 1. The second-order valence-electron chi connectivity index (χ2n) is 3.74. The smallest absolute Gasteiger partial charge is 0.127 e. The highest BCUT2D eigenvalue weighted by atomic mass is 79.9. The summed E-state index contributed by atoms with van der Waals surface area (Å²) in [6.45, 7) is 1.43. The van der Waals surface area contributed by atoms with Crippen molar-refractivity contribution in [3.63, 3.8) is 0 Å². The van der Waals surface area contributed by atoms with E-state index in [9.17, 15) is 4.39 Å². The highest BCUT2D eigenvalue weighted by Crippen LogP contribution is 2.15. The van der Waals surface area contributed by atoms with Crippen molar-refractivity contribution in [2.45, 2.75) is 13.0 Å². The molecular weight excluding hydrogens is 301 g/mol. The van der Waals surface area contributed by atoms with Crippen LogP contribution in [-0.4, -0.2) is 6.54 Å². The molecule has 0 spiro atoms. The van der Waals surface area contributed by atoms with E-state index in [0.29, 0.717) is 12.1 Å². The normalized spacial score (nSPS) is 10.7. The average molecular weight is 314 g/mol. The molecule has 0 aliphatic heterocycles. The number of halogens is 2. The van der Waals surface area contributed by atoms with Gasteiger partial charge in [-0.3, -0.25) is 0 Å². The van der Waals surface area contributed by atoms with E-state index < -0.39 is 0 Å². The zero-order valence-electron chi connectivity index (χ0n) is 9.25. The first-order chi connectivity index (χ1) is 8.25. The predicted molar refractivity (Wildman–Crippen MR) is 73.8 cm³/mol. The third kappa shape index (κ3) is 3.91. The molecule has 0 atom stereocenters. The molecule has 1 N–H and O–H groups in total. The van der Waals surface area contributed by atoms with Gasteiger partial charge in [0.05, 0.1) is 0 Å². The third-order valence-corrected chi connectivity index (χ3v) is 3.88. The average Bonchev–Trinajstić information content (AvgIpc) is 2.82. The van der Waals surface area contributed by atoms with Gasteiger partial charge in [-0.2, -0.15) is 0 Å². The van der Waals surface area contributed by atoms with Crippen LogP contribution in [-0.2, 0) is 13.0 Å². The molecule has 2 rings (SSSR count). The van der Waals surface area contributed by atoms with Gasteiger partial charge in [0, 0.05) is 28.0 Å². The van der Waals surface area contributed by atoms with Crippen LogP contribution >= 0.6 is 27.3 Å². The predicted octanol–water partition coefficient (Wildman–Crippen LogP) is 3.98. The molecule has 0 saturated carbocycles. The van der Waals surface area contributed by atoms with Crippen LogP contribution in [0, 0.1) is 5.82 Å². The first-order valence-corrected chi connectivity index (χ1v) is 7.10. The Balaban J connectivity index is 1.80. The molecule has 0 saturated heterocycles. The standard InChI is InChI=1S/C13H13BrFNS/c14-11-3-4-13(15)10(8-11)9-16-6-5-12-2-1-7-17-12/h1-4,7-8,16H,5-6,9H2. The second-order valence-corrected chi connectivity index (χ2v) is 5.69. The second kappa shape index (κ2) is 6.28. The van der Waals surface area contributed by atoms with Crippen molar-refractivity contribution in [3.05, 3.63) is 56.4 Å². The van der Waals surface area contributed by atoms with E-state index in [-0.39, 0.29) is 5.82 Å². The molecule has 1 aromatic carbocycles. The number of benzene rings is 1. The Kier molecular flexibility index (Phi) is 4.71. The lowest BCUT2D eigenvalue weighted by atomic mass is 10.2. The summed E-state index contributed by atoms with van der Waals surface area (Å²) < 4.78 is 14.3. The molecule has 1 aromatic heterocycles. The fraction of sp³-hybridized carbons (Fsp3) is 0.231. The minimum atomic E-state index is -0.156. The molecule has 2 aromatic rings. The Hall–Kier alpha value is -0.710. The van der Waals surface area contributed by atoms with Gasteiger partial charge >= 0.3 is 0 Å². The maximum atomic E-state index is 13.4. The topological polar surface area (TPSA) is 12.0 Å². The molecule has 4 heteroatoms. The Labute approximate surface area is 113 Å². The molecule has 1 nitrogen and oxygen atoms in total.